The van der Waals surface area contributed by atoms with Crippen molar-refractivity contribution in [3.05, 3.63) is 29.3 Å². The first-order valence-corrected chi connectivity index (χ1v) is 7.93. The second kappa shape index (κ2) is 4.90. The summed E-state index contributed by atoms with van der Waals surface area (Å²) < 4.78 is 28.5. The van der Waals surface area contributed by atoms with Gasteiger partial charge in [0.1, 0.15) is 11.9 Å². The summed E-state index contributed by atoms with van der Waals surface area (Å²) in [6, 6.07) is 5.78. The lowest BCUT2D eigenvalue weighted by Gasteiger charge is -2.16. The van der Waals surface area contributed by atoms with Crippen molar-refractivity contribution < 1.29 is 13.2 Å². The van der Waals surface area contributed by atoms with Crippen LogP contribution in [-0.2, 0) is 9.84 Å². The first-order valence-electron chi connectivity index (χ1n) is 6.10. The van der Waals surface area contributed by atoms with Gasteiger partial charge in [-0.25, -0.2) is 8.42 Å². The Morgan fingerprint density at radius 2 is 2.17 bits per heavy atom. The molecule has 0 spiro atoms. The van der Waals surface area contributed by atoms with E-state index >= 15 is 0 Å². The second-order valence-electron chi connectivity index (χ2n) is 4.96. The molecule has 0 aromatic heterocycles. The van der Waals surface area contributed by atoms with E-state index in [1.165, 1.54) is 0 Å². The summed E-state index contributed by atoms with van der Waals surface area (Å²) in [6.07, 6.45) is 0.367. The fourth-order valence-corrected chi connectivity index (χ4v) is 3.71. The van der Waals surface area contributed by atoms with Gasteiger partial charge in [0.2, 0.25) is 0 Å². The Hall–Kier alpha value is -1.07. The average Bonchev–Trinajstić information content (AvgIpc) is 2.61. The van der Waals surface area contributed by atoms with Crippen LogP contribution in [0.1, 0.15) is 30.5 Å². The molecule has 2 rings (SSSR count). The van der Waals surface area contributed by atoms with Crippen molar-refractivity contribution >= 4 is 9.84 Å². The van der Waals surface area contributed by atoms with Crippen LogP contribution in [0.2, 0.25) is 0 Å². The third kappa shape index (κ3) is 3.03. The Bertz CT molecular complexity index is 537. The van der Waals surface area contributed by atoms with Gasteiger partial charge in [0, 0.05) is 6.04 Å². The number of sulfone groups is 1. The predicted molar refractivity (Wildman–Crippen MR) is 71.5 cm³/mol. The Balaban J connectivity index is 2.11. The molecule has 1 heterocycles. The molecule has 5 heteroatoms. The smallest absolute Gasteiger partial charge is 0.154 e. The number of hydrogen-bond donors (Lipinski definition) is 1. The lowest BCUT2D eigenvalue weighted by Crippen LogP contribution is -2.18. The standard InChI is InChI=1S/C13H19NO3S/c1-9-7-11(10(2)14)3-4-13(9)17-12-5-6-18(15,16)8-12/h3-4,7,10,12H,5-6,8,14H2,1-2H3. The SMILES string of the molecule is Cc1cc(C(C)N)ccc1OC1CCS(=O)(=O)C1. The van der Waals surface area contributed by atoms with Crippen LogP contribution in [-0.4, -0.2) is 26.0 Å². The van der Waals surface area contributed by atoms with Crippen molar-refractivity contribution in [3.8, 4) is 5.75 Å². The molecule has 1 fully saturated rings. The Morgan fingerprint density at radius 1 is 1.44 bits per heavy atom. The highest BCUT2D eigenvalue weighted by Gasteiger charge is 2.29. The van der Waals surface area contributed by atoms with Crippen LogP contribution < -0.4 is 10.5 Å². The largest absolute Gasteiger partial charge is 0.489 e. The molecule has 1 aliphatic heterocycles. The van der Waals surface area contributed by atoms with Crippen LogP contribution in [0, 0.1) is 6.92 Å². The predicted octanol–water partition coefficient (Wildman–Crippen LogP) is 1.58. The van der Waals surface area contributed by atoms with Crippen molar-refractivity contribution in [2.75, 3.05) is 11.5 Å². The second-order valence-corrected chi connectivity index (χ2v) is 7.19. The maximum Gasteiger partial charge on any atom is 0.154 e. The van der Waals surface area contributed by atoms with Gasteiger partial charge in [0.25, 0.3) is 0 Å². The van der Waals surface area contributed by atoms with E-state index in [0.29, 0.717) is 6.42 Å². The number of ether oxygens (including phenoxy) is 1. The van der Waals surface area contributed by atoms with Crippen LogP contribution in [0.3, 0.4) is 0 Å². The maximum atomic E-state index is 11.4. The van der Waals surface area contributed by atoms with E-state index in [4.69, 9.17) is 10.5 Å². The molecule has 18 heavy (non-hydrogen) atoms. The van der Waals surface area contributed by atoms with Crippen LogP contribution >= 0.6 is 0 Å². The van der Waals surface area contributed by atoms with Crippen LogP contribution in [0.15, 0.2) is 18.2 Å². The molecule has 0 amide bonds. The van der Waals surface area contributed by atoms with E-state index in [0.717, 1.165) is 16.9 Å². The third-order valence-corrected chi connectivity index (χ3v) is 4.95. The first-order chi connectivity index (χ1) is 8.37. The van der Waals surface area contributed by atoms with Gasteiger partial charge < -0.3 is 10.5 Å². The van der Waals surface area contributed by atoms with Crippen molar-refractivity contribution in [2.24, 2.45) is 5.73 Å². The first kappa shape index (κ1) is 13.4. The minimum Gasteiger partial charge on any atom is -0.489 e. The number of hydrogen-bond acceptors (Lipinski definition) is 4. The van der Waals surface area contributed by atoms with Gasteiger partial charge in [-0.05, 0) is 37.5 Å². The van der Waals surface area contributed by atoms with Crippen LogP contribution in [0.5, 0.6) is 5.75 Å². The summed E-state index contributed by atoms with van der Waals surface area (Å²) in [7, 11) is -2.90. The zero-order valence-electron chi connectivity index (χ0n) is 10.7. The van der Waals surface area contributed by atoms with E-state index in [2.05, 4.69) is 0 Å². The zero-order valence-corrected chi connectivity index (χ0v) is 11.5. The van der Waals surface area contributed by atoms with Crippen LogP contribution in [0.25, 0.3) is 0 Å². The van der Waals surface area contributed by atoms with E-state index in [1.807, 2.05) is 32.0 Å². The zero-order chi connectivity index (χ0) is 13.3. The Morgan fingerprint density at radius 3 is 2.67 bits per heavy atom. The highest BCUT2D eigenvalue weighted by atomic mass is 32.2. The Labute approximate surface area is 108 Å². The maximum absolute atomic E-state index is 11.4. The van der Waals surface area contributed by atoms with E-state index in [1.54, 1.807) is 0 Å². The summed E-state index contributed by atoms with van der Waals surface area (Å²) in [5.41, 5.74) is 7.86. The number of aryl methyl sites for hydroxylation is 1. The highest BCUT2D eigenvalue weighted by molar-refractivity contribution is 7.91. The lowest BCUT2D eigenvalue weighted by atomic mass is 10.1. The summed E-state index contributed by atoms with van der Waals surface area (Å²) in [5.74, 6) is 1.11. The molecule has 1 saturated heterocycles. The molecule has 1 aromatic rings. The van der Waals surface area contributed by atoms with Gasteiger partial charge in [-0.1, -0.05) is 12.1 Å². The van der Waals surface area contributed by atoms with Crippen molar-refractivity contribution in [1.82, 2.24) is 0 Å². The van der Waals surface area contributed by atoms with E-state index < -0.39 is 9.84 Å². The number of rotatable bonds is 3. The third-order valence-electron chi connectivity index (χ3n) is 3.21. The quantitative estimate of drug-likeness (QED) is 0.904. The molecule has 1 aliphatic rings. The molecule has 2 unspecified atom stereocenters. The highest BCUT2D eigenvalue weighted by Crippen LogP contribution is 2.25. The molecule has 0 radical (unpaired) electrons. The molecular weight excluding hydrogens is 250 g/mol. The average molecular weight is 269 g/mol. The molecule has 2 N–H and O–H groups in total. The monoisotopic (exact) mass is 269 g/mol. The van der Waals surface area contributed by atoms with Gasteiger partial charge in [-0.15, -0.1) is 0 Å². The molecular formula is C13H19NO3S. The summed E-state index contributed by atoms with van der Waals surface area (Å²) in [4.78, 5) is 0. The van der Waals surface area contributed by atoms with Gasteiger partial charge in [-0.3, -0.25) is 0 Å². The summed E-state index contributed by atoms with van der Waals surface area (Å²) in [6.45, 7) is 3.88. The minimum absolute atomic E-state index is 0.00962. The normalized spacial score (nSPS) is 23.8. The fourth-order valence-electron chi connectivity index (χ4n) is 2.12. The summed E-state index contributed by atoms with van der Waals surface area (Å²) in [5, 5.41) is 0. The van der Waals surface area contributed by atoms with E-state index in [-0.39, 0.29) is 23.7 Å². The number of benzene rings is 1. The molecule has 0 saturated carbocycles. The Kier molecular flexibility index (Phi) is 3.64. The molecule has 0 bridgehead atoms. The van der Waals surface area contributed by atoms with Crippen molar-refractivity contribution in [1.29, 1.82) is 0 Å². The molecule has 2 atom stereocenters. The molecule has 0 aliphatic carbocycles. The fraction of sp³-hybridized carbons (Fsp3) is 0.538. The van der Waals surface area contributed by atoms with E-state index in [9.17, 15) is 8.42 Å². The summed E-state index contributed by atoms with van der Waals surface area (Å²) >= 11 is 0. The van der Waals surface area contributed by atoms with Crippen molar-refractivity contribution in [3.63, 3.8) is 0 Å². The van der Waals surface area contributed by atoms with Crippen molar-refractivity contribution in [2.45, 2.75) is 32.4 Å². The molecule has 100 valence electrons. The molecule has 4 nitrogen and oxygen atoms in total. The van der Waals surface area contributed by atoms with Gasteiger partial charge >= 0.3 is 0 Å². The minimum atomic E-state index is -2.90. The number of nitrogens with two attached hydrogens (primary N) is 1. The topological polar surface area (TPSA) is 69.4 Å². The van der Waals surface area contributed by atoms with Gasteiger partial charge in [0.15, 0.2) is 9.84 Å². The van der Waals surface area contributed by atoms with Crippen LogP contribution in [0.4, 0.5) is 0 Å². The van der Waals surface area contributed by atoms with Gasteiger partial charge in [-0.2, -0.15) is 0 Å². The molecule has 1 aromatic carbocycles. The lowest BCUT2D eigenvalue weighted by molar-refractivity contribution is 0.227. The van der Waals surface area contributed by atoms with Gasteiger partial charge in [0.05, 0.1) is 11.5 Å².